The van der Waals surface area contributed by atoms with Crippen LogP contribution in [-0.4, -0.2) is 54.2 Å². The molecule has 3 aromatic rings. The fourth-order valence-corrected chi connectivity index (χ4v) is 3.59. The number of benzene rings is 3. The fraction of sp³-hybridized carbons (Fsp3) is 0.222. The minimum atomic E-state index is -1.32. The molecule has 0 aliphatic carbocycles. The van der Waals surface area contributed by atoms with Crippen molar-refractivity contribution < 1.29 is 38.4 Å². The molecule has 0 saturated carbocycles. The maximum absolute atomic E-state index is 12.6. The number of aliphatic hydroxyl groups is 1. The smallest absolute Gasteiger partial charge is 0.340 e. The number of rotatable bonds is 7. The van der Waals surface area contributed by atoms with Gasteiger partial charge in [0.1, 0.15) is 24.9 Å². The average Bonchev–Trinajstić information content (AvgIpc) is 2.90. The van der Waals surface area contributed by atoms with Crippen molar-refractivity contribution in [2.75, 3.05) is 6.61 Å². The van der Waals surface area contributed by atoms with Gasteiger partial charge in [0, 0.05) is 0 Å². The van der Waals surface area contributed by atoms with Crippen LogP contribution < -0.4 is 0 Å². The van der Waals surface area contributed by atoms with Crippen LogP contribution in [0.4, 0.5) is 0 Å². The van der Waals surface area contributed by atoms with Crippen LogP contribution in [0.5, 0.6) is 0 Å². The van der Waals surface area contributed by atoms with Crippen molar-refractivity contribution in [3.05, 3.63) is 108 Å². The van der Waals surface area contributed by atoms with Gasteiger partial charge >= 0.3 is 17.9 Å². The van der Waals surface area contributed by atoms with Crippen molar-refractivity contribution in [2.45, 2.75) is 31.0 Å². The van der Waals surface area contributed by atoms with Gasteiger partial charge in [0.25, 0.3) is 0 Å². The van der Waals surface area contributed by atoms with Gasteiger partial charge < -0.3 is 24.1 Å². The molecule has 0 aromatic heterocycles. The summed E-state index contributed by atoms with van der Waals surface area (Å²) < 4.78 is 22.0. The third-order valence-electron chi connectivity index (χ3n) is 5.42. The van der Waals surface area contributed by atoms with E-state index < -0.39 is 42.5 Å². The molecule has 0 amide bonds. The Bertz CT molecular complexity index is 1130. The van der Waals surface area contributed by atoms with E-state index in [1.165, 1.54) is 0 Å². The molecule has 8 heteroatoms. The molecular formula is C27H24O8. The maximum Gasteiger partial charge on any atom is 0.340 e. The highest BCUT2D eigenvalue weighted by molar-refractivity contribution is 5.90. The topological polar surface area (TPSA) is 108 Å². The second-order valence-electron chi connectivity index (χ2n) is 7.88. The first-order valence-corrected chi connectivity index (χ1v) is 11.1. The lowest BCUT2D eigenvalue weighted by Gasteiger charge is -2.38. The molecule has 1 N–H and O–H groups in total. The summed E-state index contributed by atoms with van der Waals surface area (Å²) in [6.45, 7) is -0.340. The third kappa shape index (κ3) is 6.32. The molecular weight excluding hydrogens is 452 g/mol. The number of esters is 3. The summed E-state index contributed by atoms with van der Waals surface area (Å²) in [5.74, 6) is -1.90. The van der Waals surface area contributed by atoms with Crippen LogP contribution in [0.1, 0.15) is 37.5 Å². The Labute approximate surface area is 202 Å². The van der Waals surface area contributed by atoms with Crippen molar-refractivity contribution in [3.63, 3.8) is 0 Å². The van der Waals surface area contributed by atoms with E-state index in [9.17, 15) is 19.5 Å². The molecule has 3 aromatic carbocycles. The molecule has 1 fully saturated rings. The minimum absolute atomic E-state index is 0.0958. The predicted molar refractivity (Wildman–Crippen MR) is 124 cm³/mol. The van der Waals surface area contributed by atoms with Gasteiger partial charge in [-0.2, -0.15) is 0 Å². The molecule has 4 atom stereocenters. The van der Waals surface area contributed by atoms with E-state index >= 15 is 0 Å². The van der Waals surface area contributed by atoms with Crippen LogP contribution in [0.3, 0.4) is 0 Å². The molecule has 1 heterocycles. The third-order valence-corrected chi connectivity index (χ3v) is 5.42. The first kappa shape index (κ1) is 24.1. The van der Waals surface area contributed by atoms with Gasteiger partial charge in [-0.3, -0.25) is 0 Å². The van der Waals surface area contributed by atoms with E-state index in [0.29, 0.717) is 16.7 Å². The molecule has 0 radical (unpaired) electrons. The van der Waals surface area contributed by atoms with Crippen molar-refractivity contribution in [1.82, 2.24) is 0 Å². The van der Waals surface area contributed by atoms with Gasteiger partial charge in [0.2, 0.25) is 6.29 Å². The highest BCUT2D eigenvalue weighted by atomic mass is 16.7. The maximum atomic E-state index is 12.6. The number of carbonyl (C=O) groups is 3. The Hall–Kier alpha value is -4.01. The molecule has 1 aliphatic rings. The quantitative estimate of drug-likeness (QED) is 0.408. The zero-order valence-electron chi connectivity index (χ0n) is 18.7. The number of aliphatic hydroxyl groups excluding tert-OH is 1. The minimum Gasteiger partial charge on any atom is -0.459 e. The summed E-state index contributed by atoms with van der Waals surface area (Å²) in [6.07, 6.45) is -4.72. The fourth-order valence-electron chi connectivity index (χ4n) is 3.59. The Morgan fingerprint density at radius 1 is 0.714 bits per heavy atom. The molecule has 0 bridgehead atoms. The van der Waals surface area contributed by atoms with Crippen LogP contribution >= 0.6 is 0 Å². The Balaban J connectivity index is 1.47. The van der Waals surface area contributed by atoms with Gasteiger partial charge in [0.05, 0.1) is 23.1 Å². The molecule has 0 spiro atoms. The van der Waals surface area contributed by atoms with Gasteiger partial charge in [0.15, 0.2) is 0 Å². The standard InChI is InChI=1S/C27H24O8/c28-24-21(34-26(30)19-12-6-2-7-13-19)16-23(35-27(31)20-14-8-3-9-15-20)33-22(24)17-32-25(29)18-10-4-1-5-11-18/h1-15,21-24,28H,16-17H2. The molecule has 4 unspecified atom stereocenters. The summed E-state index contributed by atoms with van der Waals surface area (Å²) >= 11 is 0. The second kappa shape index (κ2) is 11.4. The van der Waals surface area contributed by atoms with E-state index in [2.05, 4.69) is 0 Å². The summed E-state index contributed by atoms with van der Waals surface area (Å²) in [5.41, 5.74) is 0.945. The normalized spacial score (nSPS) is 21.5. The highest BCUT2D eigenvalue weighted by Crippen LogP contribution is 2.26. The second-order valence-corrected chi connectivity index (χ2v) is 7.88. The monoisotopic (exact) mass is 476 g/mol. The van der Waals surface area contributed by atoms with Gasteiger partial charge in [-0.1, -0.05) is 54.6 Å². The lowest BCUT2D eigenvalue weighted by molar-refractivity contribution is -0.238. The zero-order valence-corrected chi connectivity index (χ0v) is 18.7. The van der Waals surface area contributed by atoms with E-state index in [1.54, 1.807) is 91.0 Å². The highest BCUT2D eigenvalue weighted by Gasteiger charge is 2.42. The number of hydrogen-bond acceptors (Lipinski definition) is 8. The first-order chi connectivity index (χ1) is 17.0. The van der Waals surface area contributed by atoms with E-state index in [0.717, 1.165) is 0 Å². The molecule has 180 valence electrons. The van der Waals surface area contributed by atoms with E-state index in [1.807, 2.05) is 0 Å². The Morgan fingerprint density at radius 2 is 1.17 bits per heavy atom. The molecule has 1 aliphatic heterocycles. The lowest BCUT2D eigenvalue weighted by Crippen LogP contribution is -2.53. The van der Waals surface area contributed by atoms with Crippen molar-refractivity contribution in [2.24, 2.45) is 0 Å². The molecule has 4 rings (SSSR count). The van der Waals surface area contributed by atoms with Crippen LogP contribution in [0.2, 0.25) is 0 Å². The number of carbonyl (C=O) groups excluding carboxylic acids is 3. The van der Waals surface area contributed by atoms with E-state index in [4.69, 9.17) is 18.9 Å². The van der Waals surface area contributed by atoms with Crippen molar-refractivity contribution in [3.8, 4) is 0 Å². The summed E-state index contributed by atoms with van der Waals surface area (Å²) in [6, 6.07) is 25.0. The van der Waals surface area contributed by atoms with E-state index in [-0.39, 0.29) is 13.0 Å². The SMILES string of the molecule is O=C(OCC1OC(OC(=O)c2ccccc2)CC(OC(=O)c2ccccc2)C1O)c1ccccc1. The zero-order chi connectivity index (χ0) is 24.6. The summed E-state index contributed by atoms with van der Waals surface area (Å²) in [4.78, 5) is 37.5. The summed E-state index contributed by atoms with van der Waals surface area (Å²) in [5, 5.41) is 10.8. The molecule has 1 saturated heterocycles. The largest absolute Gasteiger partial charge is 0.459 e. The molecule has 35 heavy (non-hydrogen) atoms. The first-order valence-electron chi connectivity index (χ1n) is 11.1. The van der Waals surface area contributed by atoms with Crippen LogP contribution in [-0.2, 0) is 18.9 Å². The average molecular weight is 476 g/mol. The molecule has 8 nitrogen and oxygen atoms in total. The Morgan fingerprint density at radius 3 is 1.69 bits per heavy atom. The van der Waals surface area contributed by atoms with Crippen LogP contribution in [0.25, 0.3) is 0 Å². The van der Waals surface area contributed by atoms with Crippen LogP contribution in [0.15, 0.2) is 91.0 Å². The van der Waals surface area contributed by atoms with Crippen LogP contribution in [0, 0.1) is 0 Å². The number of ether oxygens (including phenoxy) is 4. The van der Waals surface area contributed by atoms with Crippen molar-refractivity contribution >= 4 is 17.9 Å². The van der Waals surface area contributed by atoms with Gasteiger partial charge in [-0.05, 0) is 36.4 Å². The van der Waals surface area contributed by atoms with Gasteiger partial charge in [-0.25, -0.2) is 14.4 Å². The lowest BCUT2D eigenvalue weighted by atomic mass is 10.0. The number of hydrogen-bond donors (Lipinski definition) is 1. The van der Waals surface area contributed by atoms with Gasteiger partial charge in [-0.15, -0.1) is 0 Å². The van der Waals surface area contributed by atoms with Crippen molar-refractivity contribution in [1.29, 1.82) is 0 Å². The Kier molecular flexibility index (Phi) is 7.87. The predicted octanol–water partition coefficient (Wildman–Crippen LogP) is 3.40. The summed E-state index contributed by atoms with van der Waals surface area (Å²) in [7, 11) is 0.